The van der Waals surface area contributed by atoms with Gasteiger partial charge in [-0.05, 0) is 60.0 Å². The van der Waals surface area contributed by atoms with Crippen LogP contribution >= 0.6 is 0 Å². The number of nitrogens with one attached hydrogen (secondary N) is 1. The molecule has 1 heterocycles. The first kappa shape index (κ1) is 27.8. The molecule has 41 heavy (non-hydrogen) atoms. The van der Waals surface area contributed by atoms with E-state index in [1.54, 1.807) is 37.4 Å². The van der Waals surface area contributed by atoms with Gasteiger partial charge in [0.15, 0.2) is 11.5 Å². The van der Waals surface area contributed by atoms with Gasteiger partial charge in [-0.25, -0.2) is 4.98 Å². The molecule has 0 unspecified atom stereocenters. The van der Waals surface area contributed by atoms with E-state index in [1.165, 1.54) is 12.1 Å². The highest BCUT2D eigenvalue weighted by Crippen LogP contribution is 2.30. The van der Waals surface area contributed by atoms with E-state index >= 15 is 0 Å². The Morgan fingerprint density at radius 2 is 1.59 bits per heavy atom. The van der Waals surface area contributed by atoms with E-state index in [0.29, 0.717) is 46.9 Å². The van der Waals surface area contributed by atoms with Gasteiger partial charge in [0.1, 0.15) is 12.4 Å². The number of fused-ring (bicyclic) bond motifs is 1. The highest BCUT2D eigenvalue weighted by molar-refractivity contribution is 5.97. The van der Waals surface area contributed by atoms with Gasteiger partial charge in [-0.1, -0.05) is 54.6 Å². The summed E-state index contributed by atoms with van der Waals surface area (Å²) in [7, 11) is 1.55. The molecule has 0 fully saturated rings. The number of hydrogen-bond donors (Lipinski definition) is 1. The van der Waals surface area contributed by atoms with Crippen molar-refractivity contribution >= 4 is 16.9 Å². The topological polar surface area (TPSA) is 65.4 Å². The van der Waals surface area contributed by atoms with Crippen molar-refractivity contribution in [2.75, 3.05) is 13.7 Å². The number of benzene rings is 4. The zero-order chi connectivity index (χ0) is 28.8. The van der Waals surface area contributed by atoms with E-state index in [2.05, 4.69) is 5.32 Å². The second kappa shape index (κ2) is 12.2. The van der Waals surface area contributed by atoms with Gasteiger partial charge in [0.25, 0.3) is 5.91 Å². The molecule has 6 nitrogen and oxygen atoms in total. The zero-order valence-corrected chi connectivity index (χ0v) is 22.3. The van der Waals surface area contributed by atoms with Crippen LogP contribution in [0.25, 0.3) is 11.0 Å². The molecule has 210 valence electrons. The van der Waals surface area contributed by atoms with Crippen molar-refractivity contribution in [3.05, 3.63) is 125 Å². The van der Waals surface area contributed by atoms with Gasteiger partial charge < -0.3 is 19.4 Å². The predicted molar refractivity (Wildman–Crippen MR) is 150 cm³/mol. The van der Waals surface area contributed by atoms with Crippen LogP contribution in [0, 0.1) is 0 Å². The van der Waals surface area contributed by atoms with Gasteiger partial charge in [0.2, 0.25) is 0 Å². The zero-order valence-electron chi connectivity index (χ0n) is 22.3. The fourth-order valence-electron chi connectivity index (χ4n) is 4.54. The van der Waals surface area contributed by atoms with Crippen LogP contribution in [0.3, 0.4) is 0 Å². The Hall–Kier alpha value is -4.79. The van der Waals surface area contributed by atoms with Gasteiger partial charge in [0, 0.05) is 18.7 Å². The Morgan fingerprint density at radius 3 is 2.29 bits per heavy atom. The number of carbonyl (C=O) groups is 1. The van der Waals surface area contributed by atoms with Crippen LogP contribution in [0.4, 0.5) is 13.2 Å². The summed E-state index contributed by atoms with van der Waals surface area (Å²) in [5.41, 5.74) is 2.85. The van der Waals surface area contributed by atoms with Gasteiger partial charge in [0.05, 0.1) is 23.7 Å². The first-order valence-corrected chi connectivity index (χ1v) is 13.0. The number of hydrogen-bond acceptors (Lipinski definition) is 4. The molecule has 0 aliphatic carbocycles. The largest absolute Gasteiger partial charge is 0.493 e. The summed E-state index contributed by atoms with van der Waals surface area (Å²) in [6.45, 7) is 0.831. The van der Waals surface area contributed by atoms with Crippen molar-refractivity contribution in [1.29, 1.82) is 0 Å². The summed E-state index contributed by atoms with van der Waals surface area (Å²) >= 11 is 0. The predicted octanol–water partition coefficient (Wildman–Crippen LogP) is 6.66. The number of ether oxygens (including phenoxy) is 2. The van der Waals surface area contributed by atoms with Crippen molar-refractivity contribution in [3.63, 3.8) is 0 Å². The number of halogens is 3. The molecule has 0 bridgehead atoms. The third-order valence-corrected chi connectivity index (χ3v) is 6.68. The standard InChI is InChI=1S/C32H28F3N3O3/c1-40-28-9-5-6-10-29(28)41-21-30-37-26-19-24(31(39)36-18-17-22-7-3-2-4-8-22)13-16-27(26)38(30)20-23-11-14-25(15-12-23)32(33,34)35/h2-16,19H,17-18,20-21H2,1H3,(H,36,39). The van der Waals surface area contributed by atoms with E-state index < -0.39 is 11.7 Å². The summed E-state index contributed by atoms with van der Waals surface area (Å²) in [6, 6.07) is 27.4. The molecule has 9 heteroatoms. The Bertz CT molecular complexity index is 1630. The summed E-state index contributed by atoms with van der Waals surface area (Å²) < 4.78 is 52.5. The lowest BCUT2D eigenvalue weighted by Gasteiger charge is -2.13. The molecule has 0 aliphatic heterocycles. The summed E-state index contributed by atoms with van der Waals surface area (Å²) in [5.74, 6) is 1.42. The number of para-hydroxylation sites is 2. The number of methoxy groups -OCH3 is 1. The molecule has 1 N–H and O–H groups in total. The average molecular weight is 560 g/mol. The number of carbonyl (C=O) groups excluding carboxylic acids is 1. The first-order valence-electron chi connectivity index (χ1n) is 13.0. The van der Waals surface area contributed by atoms with Crippen molar-refractivity contribution in [3.8, 4) is 11.5 Å². The van der Waals surface area contributed by atoms with Crippen LogP contribution in [-0.4, -0.2) is 29.1 Å². The van der Waals surface area contributed by atoms with Crippen molar-refractivity contribution in [1.82, 2.24) is 14.9 Å². The van der Waals surface area contributed by atoms with E-state index in [1.807, 2.05) is 47.0 Å². The number of aromatic nitrogens is 2. The monoisotopic (exact) mass is 559 g/mol. The van der Waals surface area contributed by atoms with E-state index in [9.17, 15) is 18.0 Å². The van der Waals surface area contributed by atoms with Crippen molar-refractivity contribution in [2.24, 2.45) is 0 Å². The molecule has 0 saturated carbocycles. The highest BCUT2D eigenvalue weighted by atomic mass is 19.4. The maximum atomic E-state index is 13.1. The molecular formula is C32H28F3N3O3. The molecule has 5 rings (SSSR count). The molecule has 0 saturated heterocycles. The number of alkyl halides is 3. The summed E-state index contributed by atoms with van der Waals surface area (Å²) in [5, 5.41) is 2.95. The number of imidazole rings is 1. The fraction of sp³-hybridized carbons (Fsp3) is 0.188. The molecule has 1 aromatic heterocycles. The lowest BCUT2D eigenvalue weighted by atomic mass is 10.1. The molecule has 0 atom stereocenters. The molecule has 4 aromatic carbocycles. The van der Waals surface area contributed by atoms with Crippen LogP contribution in [0.5, 0.6) is 11.5 Å². The van der Waals surface area contributed by atoms with Gasteiger partial charge >= 0.3 is 6.18 Å². The van der Waals surface area contributed by atoms with E-state index in [0.717, 1.165) is 23.2 Å². The molecule has 5 aromatic rings. The van der Waals surface area contributed by atoms with Crippen molar-refractivity contribution < 1.29 is 27.4 Å². The Balaban J connectivity index is 1.40. The van der Waals surface area contributed by atoms with Crippen LogP contribution < -0.4 is 14.8 Å². The molecule has 1 amide bonds. The maximum Gasteiger partial charge on any atom is 0.416 e. The second-order valence-electron chi connectivity index (χ2n) is 9.44. The highest BCUT2D eigenvalue weighted by Gasteiger charge is 2.30. The molecule has 0 radical (unpaired) electrons. The number of amides is 1. The minimum atomic E-state index is -4.41. The van der Waals surface area contributed by atoms with Crippen LogP contribution in [0.2, 0.25) is 0 Å². The molecule has 0 aliphatic rings. The minimum Gasteiger partial charge on any atom is -0.493 e. The van der Waals surface area contributed by atoms with Crippen LogP contribution in [0.1, 0.15) is 32.9 Å². The normalized spacial score (nSPS) is 11.4. The van der Waals surface area contributed by atoms with Gasteiger partial charge in [-0.15, -0.1) is 0 Å². The van der Waals surface area contributed by atoms with E-state index in [-0.39, 0.29) is 19.1 Å². The average Bonchev–Trinajstić information content (AvgIpc) is 3.32. The Labute approximate surface area is 235 Å². The molecule has 0 spiro atoms. The molecular weight excluding hydrogens is 531 g/mol. The Kier molecular flexibility index (Phi) is 8.24. The lowest BCUT2D eigenvalue weighted by Crippen LogP contribution is -2.25. The van der Waals surface area contributed by atoms with E-state index in [4.69, 9.17) is 14.5 Å². The SMILES string of the molecule is COc1ccccc1OCc1nc2cc(C(=O)NCCc3ccccc3)ccc2n1Cc1ccc(C(F)(F)F)cc1. The first-order chi connectivity index (χ1) is 19.8. The second-order valence-corrected chi connectivity index (χ2v) is 9.44. The smallest absolute Gasteiger partial charge is 0.416 e. The Morgan fingerprint density at radius 1 is 0.878 bits per heavy atom. The lowest BCUT2D eigenvalue weighted by molar-refractivity contribution is -0.137. The van der Waals surface area contributed by atoms with Crippen LogP contribution in [0.15, 0.2) is 97.1 Å². The van der Waals surface area contributed by atoms with Crippen molar-refractivity contribution in [2.45, 2.75) is 25.7 Å². The number of rotatable bonds is 10. The summed E-state index contributed by atoms with van der Waals surface area (Å²) in [6.07, 6.45) is -3.70. The number of nitrogens with zero attached hydrogens (tertiary/aromatic N) is 2. The van der Waals surface area contributed by atoms with Gasteiger partial charge in [-0.2, -0.15) is 13.2 Å². The van der Waals surface area contributed by atoms with Gasteiger partial charge in [-0.3, -0.25) is 4.79 Å². The quantitative estimate of drug-likeness (QED) is 0.208. The fourth-order valence-corrected chi connectivity index (χ4v) is 4.54. The van der Waals surface area contributed by atoms with Crippen LogP contribution in [-0.2, 0) is 25.7 Å². The third kappa shape index (κ3) is 6.69. The summed E-state index contributed by atoms with van der Waals surface area (Å²) in [4.78, 5) is 17.6. The maximum absolute atomic E-state index is 13.1. The minimum absolute atomic E-state index is 0.0777. The third-order valence-electron chi connectivity index (χ3n) is 6.68.